The molecular formula is C32H40N4O2. The number of carbonyl (C=O) groups excluding carboxylic acids is 2. The molecule has 3 fully saturated rings. The van der Waals surface area contributed by atoms with E-state index in [0.29, 0.717) is 31.6 Å². The van der Waals surface area contributed by atoms with Gasteiger partial charge in [-0.05, 0) is 56.4 Å². The highest BCUT2D eigenvalue weighted by molar-refractivity contribution is 5.97. The normalized spacial score (nSPS) is 21.3. The van der Waals surface area contributed by atoms with E-state index in [1.807, 2.05) is 41.3 Å². The molecule has 3 aromatic rings. The van der Waals surface area contributed by atoms with Crippen LogP contribution in [0.1, 0.15) is 87.9 Å². The Hall–Kier alpha value is -3.15. The molecule has 1 saturated heterocycles. The maximum absolute atomic E-state index is 14.2. The molecule has 0 N–H and O–H groups in total. The van der Waals surface area contributed by atoms with E-state index in [1.165, 1.54) is 38.5 Å². The molecule has 1 aromatic heterocycles. The van der Waals surface area contributed by atoms with Gasteiger partial charge in [0.1, 0.15) is 12.4 Å². The van der Waals surface area contributed by atoms with Crippen molar-refractivity contribution in [3.63, 3.8) is 0 Å². The minimum absolute atomic E-state index is 0.0416. The number of rotatable bonds is 6. The van der Waals surface area contributed by atoms with Crippen molar-refractivity contribution in [1.29, 1.82) is 0 Å². The van der Waals surface area contributed by atoms with Crippen LogP contribution in [0.15, 0.2) is 48.5 Å². The maximum Gasteiger partial charge on any atom is 0.243 e. The molecule has 0 radical (unpaired) electrons. The summed E-state index contributed by atoms with van der Waals surface area (Å²) in [6.45, 7) is 2.95. The Kier molecular flexibility index (Phi) is 7.22. The van der Waals surface area contributed by atoms with E-state index in [-0.39, 0.29) is 17.7 Å². The lowest BCUT2D eigenvalue weighted by Crippen LogP contribution is -2.50. The van der Waals surface area contributed by atoms with Gasteiger partial charge in [0, 0.05) is 36.7 Å². The zero-order chi connectivity index (χ0) is 26.1. The van der Waals surface area contributed by atoms with Crippen LogP contribution in [0.25, 0.3) is 11.0 Å². The fraction of sp³-hybridized carbons (Fsp3) is 0.531. The van der Waals surface area contributed by atoms with Crippen LogP contribution in [0.5, 0.6) is 0 Å². The fourth-order valence-electron chi connectivity index (χ4n) is 7.19. The molecule has 200 valence electrons. The lowest BCUT2D eigenvalue weighted by atomic mass is 9.88. The average molecular weight is 513 g/mol. The number of aromatic nitrogens is 2. The lowest BCUT2D eigenvalue weighted by molar-refractivity contribution is -0.138. The first-order valence-electron chi connectivity index (χ1n) is 14.7. The quantitative estimate of drug-likeness (QED) is 0.386. The van der Waals surface area contributed by atoms with Crippen molar-refractivity contribution in [2.45, 2.75) is 102 Å². The third-order valence-electron chi connectivity index (χ3n) is 9.10. The summed E-state index contributed by atoms with van der Waals surface area (Å²) < 4.78 is 2.13. The highest BCUT2D eigenvalue weighted by atomic mass is 16.2. The molecule has 2 heterocycles. The number of fused-ring (bicyclic) bond motifs is 1. The molecule has 2 aromatic carbocycles. The fourth-order valence-corrected chi connectivity index (χ4v) is 7.19. The summed E-state index contributed by atoms with van der Waals surface area (Å²) in [5.74, 6) is 1.19. The standard InChI is InChI=1S/C32H40N4O2/c1-23-12-8-10-18-28(23)34-21-24(20-30(34)37)32-33-27-17-9-11-19-29(27)35(32)22-31(38)36(25-13-4-2-5-14-25)26-15-6-3-7-16-26/h8-12,17-19,24-26H,2-7,13-16,20-22H2,1H3. The summed E-state index contributed by atoms with van der Waals surface area (Å²) in [6, 6.07) is 16.9. The number of anilines is 1. The molecule has 2 amide bonds. The maximum atomic E-state index is 14.2. The van der Waals surface area contributed by atoms with Gasteiger partial charge in [-0.2, -0.15) is 0 Å². The predicted octanol–water partition coefficient (Wildman–Crippen LogP) is 6.36. The molecule has 1 unspecified atom stereocenters. The first kappa shape index (κ1) is 25.1. The van der Waals surface area contributed by atoms with Crippen LogP contribution in [0.2, 0.25) is 0 Å². The Morgan fingerprint density at radius 3 is 2.21 bits per heavy atom. The Labute approximate surface area is 226 Å². The van der Waals surface area contributed by atoms with Crippen molar-refractivity contribution in [2.24, 2.45) is 0 Å². The van der Waals surface area contributed by atoms with Crippen LogP contribution in [0.4, 0.5) is 5.69 Å². The summed E-state index contributed by atoms with van der Waals surface area (Å²) >= 11 is 0. The number of hydrogen-bond donors (Lipinski definition) is 0. The molecule has 6 heteroatoms. The summed E-state index contributed by atoms with van der Waals surface area (Å²) in [5.41, 5.74) is 3.96. The summed E-state index contributed by atoms with van der Waals surface area (Å²) in [5, 5.41) is 0. The number of aryl methyl sites for hydroxylation is 1. The molecule has 1 aliphatic heterocycles. The molecule has 38 heavy (non-hydrogen) atoms. The first-order chi connectivity index (χ1) is 18.6. The molecule has 2 aliphatic carbocycles. The van der Waals surface area contributed by atoms with Gasteiger partial charge in [-0.25, -0.2) is 4.98 Å². The van der Waals surface area contributed by atoms with Gasteiger partial charge in [0.05, 0.1) is 11.0 Å². The van der Waals surface area contributed by atoms with E-state index in [2.05, 4.69) is 28.5 Å². The smallest absolute Gasteiger partial charge is 0.243 e. The summed E-state index contributed by atoms with van der Waals surface area (Å²) in [6.07, 6.45) is 12.4. The largest absolute Gasteiger partial charge is 0.335 e. The van der Waals surface area contributed by atoms with Crippen molar-refractivity contribution in [2.75, 3.05) is 11.4 Å². The third-order valence-corrected chi connectivity index (χ3v) is 9.10. The number of hydrogen-bond acceptors (Lipinski definition) is 3. The Balaban J connectivity index is 1.32. The van der Waals surface area contributed by atoms with E-state index < -0.39 is 0 Å². The minimum Gasteiger partial charge on any atom is -0.335 e. The number of amides is 2. The van der Waals surface area contributed by atoms with E-state index in [0.717, 1.165) is 53.8 Å². The highest BCUT2D eigenvalue weighted by Crippen LogP contribution is 2.35. The van der Waals surface area contributed by atoms with Crippen LogP contribution in [0, 0.1) is 6.92 Å². The second-order valence-electron chi connectivity index (χ2n) is 11.6. The van der Waals surface area contributed by atoms with Crippen LogP contribution in [0.3, 0.4) is 0 Å². The zero-order valence-corrected chi connectivity index (χ0v) is 22.6. The zero-order valence-electron chi connectivity index (χ0n) is 22.6. The van der Waals surface area contributed by atoms with Gasteiger partial charge < -0.3 is 14.4 Å². The second kappa shape index (κ2) is 10.9. The summed E-state index contributed by atoms with van der Waals surface area (Å²) in [4.78, 5) is 36.6. The Morgan fingerprint density at radius 1 is 0.895 bits per heavy atom. The van der Waals surface area contributed by atoms with E-state index in [1.54, 1.807) is 0 Å². The highest BCUT2D eigenvalue weighted by Gasteiger charge is 2.37. The number of para-hydroxylation sites is 3. The Morgan fingerprint density at radius 2 is 1.53 bits per heavy atom. The molecule has 6 rings (SSSR count). The van der Waals surface area contributed by atoms with Crippen molar-refractivity contribution in [1.82, 2.24) is 14.5 Å². The van der Waals surface area contributed by atoms with Crippen molar-refractivity contribution < 1.29 is 9.59 Å². The van der Waals surface area contributed by atoms with Gasteiger partial charge in [0.15, 0.2) is 0 Å². The number of nitrogens with zero attached hydrogens (tertiary/aromatic N) is 4. The first-order valence-corrected chi connectivity index (χ1v) is 14.7. The SMILES string of the molecule is Cc1ccccc1N1CC(c2nc3ccccc3n2CC(=O)N(C2CCCCC2)C2CCCCC2)CC1=O. The monoisotopic (exact) mass is 512 g/mol. The topological polar surface area (TPSA) is 58.4 Å². The minimum atomic E-state index is -0.0416. The lowest BCUT2D eigenvalue weighted by Gasteiger charge is -2.42. The molecule has 3 aliphatic rings. The average Bonchev–Trinajstić information content (AvgIpc) is 3.51. The molecule has 0 spiro atoms. The third kappa shape index (κ3) is 4.85. The van der Waals surface area contributed by atoms with Crippen molar-refractivity contribution in [3.05, 3.63) is 59.9 Å². The van der Waals surface area contributed by atoms with Gasteiger partial charge in [-0.3, -0.25) is 9.59 Å². The van der Waals surface area contributed by atoms with Crippen LogP contribution in [-0.4, -0.2) is 44.9 Å². The van der Waals surface area contributed by atoms with Gasteiger partial charge >= 0.3 is 0 Å². The molecule has 6 nitrogen and oxygen atoms in total. The predicted molar refractivity (Wildman–Crippen MR) is 151 cm³/mol. The van der Waals surface area contributed by atoms with Crippen LogP contribution >= 0.6 is 0 Å². The van der Waals surface area contributed by atoms with Crippen LogP contribution < -0.4 is 4.90 Å². The van der Waals surface area contributed by atoms with Gasteiger partial charge in [0.25, 0.3) is 0 Å². The number of imidazole rings is 1. The molecule has 1 atom stereocenters. The van der Waals surface area contributed by atoms with Gasteiger partial charge in [-0.15, -0.1) is 0 Å². The Bertz CT molecular complexity index is 1280. The van der Waals surface area contributed by atoms with Crippen LogP contribution in [-0.2, 0) is 16.1 Å². The van der Waals surface area contributed by atoms with Gasteiger partial charge in [0.2, 0.25) is 11.8 Å². The van der Waals surface area contributed by atoms with E-state index in [9.17, 15) is 9.59 Å². The second-order valence-corrected chi connectivity index (χ2v) is 11.6. The van der Waals surface area contributed by atoms with E-state index in [4.69, 9.17) is 4.98 Å². The van der Waals surface area contributed by atoms with Crippen molar-refractivity contribution >= 4 is 28.5 Å². The molecular weight excluding hydrogens is 472 g/mol. The number of benzene rings is 2. The summed E-state index contributed by atoms with van der Waals surface area (Å²) in [7, 11) is 0. The number of carbonyl (C=O) groups is 2. The molecule has 0 bridgehead atoms. The molecule has 2 saturated carbocycles. The van der Waals surface area contributed by atoms with Crippen molar-refractivity contribution in [3.8, 4) is 0 Å². The van der Waals surface area contributed by atoms with E-state index >= 15 is 0 Å². The van der Waals surface area contributed by atoms with Gasteiger partial charge in [-0.1, -0.05) is 68.9 Å².